The molecular weight excluding hydrogens is 308 g/mol. The van der Waals surface area contributed by atoms with Crippen LogP contribution >= 0.6 is 11.3 Å². The van der Waals surface area contributed by atoms with Crippen LogP contribution < -0.4 is 5.73 Å². The molecule has 4 nitrogen and oxygen atoms in total. The number of aromatic hydroxyl groups is 1. The normalized spacial score (nSPS) is 18.1. The fourth-order valence-corrected chi connectivity index (χ4v) is 4.01. The molecule has 5 heteroatoms. The Balaban J connectivity index is 1.69. The number of amides is 1. The molecule has 1 aliphatic rings. The van der Waals surface area contributed by atoms with Gasteiger partial charge in [-0.15, -0.1) is 11.3 Å². The summed E-state index contributed by atoms with van der Waals surface area (Å²) in [6.45, 7) is 0.806. The van der Waals surface area contributed by atoms with Crippen molar-refractivity contribution in [3.63, 3.8) is 0 Å². The molecule has 0 saturated carbocycles. The minimum Gasteiger partial charge on any atom is -0.508 e. The second kappa shape index (κ2) is 7.04. The van der Waals surface area contributed by atoms with Gasteiger partial charge in [-0.25, -0.2) is 0 Å². The van der Waals surface area contributed by atoms with Crippen molar-refractivity contribution < 1.29 is 9.90 Å². The van der Waals surface area contributed by atoms with Gasteiger partial charge in [-0.1, -0.05) is 12.1 Å². The summed E-state index contributed by atoms with van der Waals surface area (Å²) in [5.41, 5.74) is 7.60. The average molecular weight is 330 g/mol. The van der Waals surface area contributed by atoms with Gasteiger partial charge in [0.2, 0.25) is 0 Å². The lowest BCUT2D eigenvalue weighted by Crippen LogP contribution is -2.43. The van der Waals surface area contributed by atoms with Crippen molar-refractivity contribution in [3.05, 3.63) is 46.2 Å². The Kier molecular flexibility index (Phi) is 4.86. The Labute approximate surface area is 140 Å². The van der Waals surface area contributed by atoms with E-state index in [0.29, 0.717) is 16.3 Å². The van der Waals surface area contributed by atoms with Gasteiger partial charge in [0.05, 0.1) is 5.69 Å². The first kappa shape index (κ1) is 15.9. The van der Waals surface area contributed by atoms with Crippen LogP contribution in [-0.2, 0) is 6.42 Å². The Hall–Kier alpha value is -2.01. The van der Waals surface area contributed by atoms with Crippen LogP contribution in [0.2, 0.25) is 0 Å². The number of carbonyl (C=O) groups is 1. The molecule has 1 amide bonds. The highest BCUT2D eigenvalue weighted by Gasteiger charge is 2.28. The van der Waals surface area contributed by atoms with E-state index in [1.165, 1.54) is 11.3 Å². The summed E-state index contributed by atoms with van der Waals surface area (Å²) < 4.78 is 0. The topological polar surface area (TPSA) is 66.6 Å². The Morgan fingerprint density at radius 2 is 2.22 bits per heavy atom. The van der Waals surface area contributed by atoms with Gasteiger partial charge in [-0.05, 0) is 61.2 Å². The van der Waals surface area contributed by atoms with Gasteiger partial charge < -0.3 is 15.7 Å². The average Bonchev–Trinajstić information content (AvgIpc) is 2.99. The zero-order chi connectivity index (χ0) is 16.2. The summed E-state index contributed by atoms with van der Waals surface area (Å²) in [5.74, 6) is 0.364. The van der Waals surface area contributed by atoms with Gasteiger partial charge >= 0.3 is 0 Å². The molecule has 3 N–H and O–H groups in total. The minimum atomic E-state index is 0.0677. The predicted molar refractivity (Wildman–Crippen MR) is 93.8 cm³/mol. The van der Waals surface area contributed by atoms with Gasteiger partial charge in [-0.2, -0.15) is 0 Å². The highest BCUT2D eigenvalue weighted by molar-refractivity contribution is 7.12. The number of hydrogen-bond donors (Lipinski definition) is 2. The number of nitrogens with zero attached hydrogens (tertiary/aromatic N) is 1. The number of nitrogen functional groups attached to an aromatic ring is 1. The van der Waals surface area contributed by atoms with Crippen molar-refractivity contribution in [1.82, 2.24) is 4.90 Å². The number of aryl methyl sites for hydroxylation is 1. The lowest BCUT2D eigenvalue weighted by molar-refractivity contribution is 0.0608. The number of nitrogens with two attached hydrogens (primary N) is 1. The maximum Gasteiger partial charge on any atom is 0.266 e. The molecule has 23 heavy (non-hydrogen) atoms. The van der Waals surface area contributed by atoms with Gasteiger partial charge in [0.25, 0.3) is 5.91 Å². The molecule has 2 heterocycles. The third-order valence-corrected chi connectivity index (χ3v) is 5.37. The molecular formula is C18H22N2O2S. The molecule has 1 saturated heterocycles. The highest BCUT2D eigenvalue weighted by atomic mass is 32.1. The molecule has 1 aromatic carbocycles. The summed E-state index contributed by atoms with van der Waals surface area (Å²) in [4.78, 5) is 15.4. The van der Waals surface area contributed by atoms with Crippen molar-refractivity contribution in [1.29, 1.82) is 0 Å². The van der Waals surface area contributed by atoms with Crippen LogP contribution in [0.15, 0.2) is 35.7 Å². The van der Waals surface area contributed by atoms with Crippen LogP contribution in [0, 0.1) is 0 Å². The molecule has 1 atom stereocenters. The van der Waals surface area contributed by atoms with E-state index < -0.39 is 0 Å². The maximum atomic E-state index is 12.8. The van der Waals surface area contributed by atoms with Crippen LogP contribution in [-0.4, -0.2) is 28.5 Å². The molecule has 2 aromatic rings. The van der Waals surface area contributed by atoms with Crippen molar-refractivity contribution >= 4 is 22.9 Å². The van der Waals surface area contributed by atoms with Crippen LogP contribution in [0.1, 0.15) is 40.9 Å². The lowest BCUT2D eigenvalue weighted by atomic mass is 9.95. The van der Waals surface area contributed by atoms with Gasteiger partial charge in [0, 0.05) is 12.6 Å². The number of phenolic OH excluding ortho intramolecular Hbond substituents is 1. The Bertz CT molecular complexity index is 683. The smallest absolute Gasteiger partial charge is 0.266 e. The van der Waals surface area contributed by atoms with Gasteiger partial charge in [-0.3, -0.25) is 4.79 Å². The van der Waals surface area contributed by atoms with E-state index in [4.69, 9.17) is 5.73 Å². The zero-order valence-corrected chi connectivity index (χ0v) is 13.9. The molecule has 0 aliphatic carbocycles. The number of anilines is 1. The molecule has 122 valence electrons. The van der Waals surface area contributed by atoms with E-state index in [0.717, 1.165) is 44.2 Å². The number of carbonyl (C=O) groups excluding carboxylic acids is 1. The molecule has 3 rings (SSSR count). The van der Waals surface area contributed by atoms with Crippen LogP contribution in [0.3, 0.4) is 0 Å². The van der Waals surface area contributed by atoms with E-state index in [2.05, 4.69) is 0 Å². The van der Waals surface area contributed by atoms with E-state index in [9.17, 15) is 9.90 Å². The summed E-state index contributed by atoms with van der Waals surface area (Å²) in [5, 5.41) is 11.4. The van der Waals surface area contributed by atoms with Crippen molar-refractivity contribution in [3.8, 4) is 5.75 Å². The first-order chi connectivity index (χ1) is 11.1. The number of hydrogen-bond acceptors (Lipinski definition) is 4. The number of rotatable bonds is 4. The van der Waals surface area contributed by atoms with Crippen molar-refractivity contribution in [2.24, 2.45) is 0 Å². The first-order valence-corrected chi connectivity index (χ1v) is 8.95. The number of piperidine rings is 1. The third-order valence-electron chi connectivity index (χ3n) is 4.45. The lowest BCUT2D eigenvalue weighted by Gasteiger charge is -2.36. The van der Waals surface area contributed by atoms with Crippen molar-refractivity contribution in [2.75, 3.05) is 12.3 Å². The molecule has 0 unspecified atom stereocenters. The number of likely N-dealkylation sites (tertiary alicyclic amines) is 1. The first-order valence-electron chi connectivity index (χ1n) is 8.07. The fourth-order valence-electron chi connectivity index (χ4n) is 3.24. The summed E-state index contributed by atoms with van der Waals surface area (Å²) >= 11 is 1.42. The second-order valence-electron chi connectivity index (χ2n) is 6.06. The molecule has 1 aliphatic heterocycles. The summed E-state index contributed by atoms with van der Waals surface area (Å²) in [6, 6.07) is 9.40. The molecule has 0 radical (unpaired) electrons. The quantitative estimate of drug-likeness (QED) is 0.899. The fraction of sp³-hybridized carbons (Fsp3) is 0.389. The van der Waals surface area contributed by atoms with Crippen LogP contribution in [0.25, 0.3) is 0 Å². The number of phenols is 1. The molecule has 1 aromatic heterocycles. The summed E-state index contributed by atoms with van der Waals surface area (Å²) in [6.07, 6.45) is 5.03. The minimum absolute atomic E-state index is 0.0677. The van der Waals surface area contributed by atoms with E-state index in [-0.39, 0.29) is 11.9 Å². The van der Waals surface area contributed by atoms with Crippen molar-refractivity contribution in [2.45, 2.75) is 38.1 Å². The molecule has 0 spiro atoms. The second-order valence-corrected chi connectivity index (χ2v) is 6.98. The Morgan fingerprint density at radius 1 is 1.35 bits per heavy atom. The van der Waals surface area contributed by atoms with E-state index in [1.54, 1.807) is 18.2 Å². The van der Waals surface area contributed by atoms with E-state index >= 15 is 0 Å². The monoisotopic (exact) mass is 330 g/mol. The summed E-state index contributed by atoms with van der Waals surface area (Å²) in [7, 11) is 0. The van der Waals surface area contributed by atoms with Crippen LogP contribution in [0.4, 0.5) is 5.69 Å². The van der Waals surface area contributed by atoms with E-state index in [1.807, 2.05) is 22.4 Å². The van der Waals surface area contributed by atoms with Crippen LogP contribution in [0.5, 0.6) is 5.75 Å². The predicted octanol–water partition coefficient (Wildman–Crippen LogP) is 3.66. The van der Waals surface area contributed by atoms with Gasteiger partial charge in [0.1, 0.15) is 10.6 Å². The zero-order valence-electron chi connectivity index (χ0n) is 13.1. The largest absolute Gasteiger partial charge is 0.508 e. The maximum absolute atomic E-state index is 12.8. The highest BCUT2D eigenvalue weighted by Crippen LogP contribution is 2.27. The Morgan fingerprint density at radius 3 is 2.96 bits per heavy atom. The SMILES string of the molecule is Nc1ccsc1C(=O)N1CCCC[C@@H]1CCc1cccc(O)c1. The molecule has 0 bridgehead atoms. The van der Waals surface area contributed by atoms with Gasteiger partial charge in [0.15, 0.2) is 0 Å². The number of thiophene rings is 1. The number of benzene rings is 1. The third kappa shape index (κ3) is 3.67. The standard InChI is InChI=1S/C18H22N2O2S/c19-16-9-11-23-17(16)18(22)20-10-2-1-5-14(20)8-7-13-4-3-6-15(21)12-13/h3-4,6,9,11-12,14,21H,1-2,5,7-8,10,19H2/t14-/m1/s1. The molecule has 1 fully saturated rings.